The van der Waals surface area contributed by atoms with Crippen molar-refractivity contribution in [2.75, 3.05) is 69.7 Å². The molecule has 2 aromatic carbocycles. The quantitative estimate of drug-likeness (QED) is 0.110. The smallest absolute Gasteiger partial charge is 0.246 e. The molecule has 6 N–H and O–H groups in total. The van der Waals surface area contributed by atoms with E-state index < -0.39 is 23.4 Å². The molecule has 0 radical (unpaired) electrons. The molecule has 2 saturated heterocycles. The first-order chi connectivity index (χ1) is 28.3. The highest BCUT2D eigenvalue weighted by atomic mass is 32.1. The Balaban J connectivity index is 0.898. The first kappa shape index (κ1) is 42.9. The molecule has 17 heteroatoms. The molecular weight excluding hydrogens is 773 g/mol. The number of piperazine rings is 1. The highest BCUT2D eigenvalue weighted by Gasteiger charge is 2.41. The fraction of sp³-hybridized carbons (Fsp3) is 0.452. The van der Waals surface area contributed by atoms with E-state index in [-0.39, 0.29) is 49.8 Å². The number of nitrogens with one attached hydrogen (secondary N) is 3. The third-order valence-electron chi connectivity index (χ3n) is 10.5. The van der Waals surface area contributed by atoms with E-state index in [1.54, 1.807) is 34.4 Å². The number of ether oxygens (including phenoxy) is 1. The Bertz CT molecular complexity index is 2100. The zero-order valence-corrected chi connectivity index (χ0v) is 34.9. The fourth-order valence-electron chi connectivity index (χ4n) is 7.28. The Labute approximate surface area is 348 Å². The number of aromatic hydroxyl groups is 1. The van der Waals surface area contributed by atoms with Crippen molar-refractivity contribution in [1.29, 1.82) is 0 Å². The lowest BCUT2D eigenvalue weighted by Gasteiger charge is -2.36. The molecule has 2 aliphatic heterocycles. The molecule has 16 nitrogen and oxygen atoms in total. The number of thiazole rings is 1. The van der Waals surface area contributed by atoms with E-state index in [2.05, 4.69) is 36.0 Å². The van der Waals surface area contributed by atoms with E-state index in [1.165, 1.54) is 0 Å². The molecule has 314 valence electrons. The molecule has 2 fully saturated rings. The summed E-state index contributed by atoms with van der Waals surface area (Å²) >= 11 is 1.59. The Morgan fingerprint density at radius 3 is 2.42 bits per heavy atom. The number of benzene rings is 2. The monoisotopic (exact) mass is 826 g/mol. The molecule has 4 amide bonds. The van der Waals surface area contributed by atoms with Crippen LogP contribution in [0.25, 0.3) is 21.7 Å². The number of rotatable bonds is 15. The van der Waals surface area contributed by atoms with E-state index in [0.717, 1.165) is 27.4 Å². The molecule has 0 saturated carbocycles. The van der Waals surface area contributed by atoms with Gasteiger partial charge in [-0.3, -0.25) is 24.1 Å². The molecule has 0 unspecified atom stereocenters. The number of anilines is 2. The molecule has 0 bridgehead atoms. The van der Waals surface area contributed by atoms with Crippen molar-refractivity contribution in [3.63, 3.8) is 0 Å². The van der Waals surface area contributed by atoms with E-state index in [1.807, 2.05) is 74.5 Å². The maximum atomic E-state index is 13.9. The Kier molecular flexibility index (Phi) is 14.1. The number of nitrogens with zero attached hydrogens (tertiary/aromatic N) is 6. The lowest BCUT2D eigenvalue weighted by Crippen LogP contribution is -2.58. The van der Waals surface area contributed by atoms with Crippen LogP contribution in [0.2, 0.25) is 0 Å². The van der Waals surface area contributed by atoms with Gasteiger partial charge < -0.3 is 41.3 Å². The molecular formula is C42H54N10O6S. The molecule has 6 rings (SSSR count). The number of phenolic OH excluding ortho intramolecular Hbond substituents is 1. The molecule has 0 aliphatic carbocycles. The van der Waals surface area contributed by atoms with Crippen LogP contribution in [0.5, 0.6) is 5.75 Å². The van der Waals surface area contributed by atoms with Gasteiger partial charge in [0.15, 0.2) is 5.82 Å². The average Bonchev–Trinajstić information content (AvgIpc) is 3.89. The number of hydrogen-bond acceptors (Lipinski definition) is 13. The predicted octanol–water partition coefficient (Wildman–Crippen LogP) is 2.96. The predicted molar refractivity (Wildman–Crippen MR) is 226 cm³/mol. The molecule has 2 aliphatic rings. The van der Waals surface area contributed by atoms with Gasteiger partial charge in [-0.15, -0.1) is 21.5 Å². The van der Waals surface area contributed by atoms with Crippen LogP contribution in [-0.2, 0) is 30.5 Å². The number of amides is 4. The third kappa shape index (κ3) is 11.1. The summed E-state index contributed by atoms with van der Waals surface area (Å²) in [5.74, 6) is -0.757. The van der Waals surface area contributed by atoms with Gasteiger partial charge >= 0.3 is 0 Å². The highest BCUT2D eigenvalue weighted by molar-refractivity contribution is 7.13. The van der Waals surface area contributed by atoms with Gasteiger partial charge in [0.1, 0.15) is 24.4 Å². The second kappa shape index (κ2) is 19.4. The van der Waals surface area contributed by atoms with Gasteiger partial charge in [-0.05, 0) is 54.5 Å². The van der Waals surface area contributed by atoms with Crippen LogP contribution < -0.4 is 26.6 Å². The van der Waals surface area contributed by atoms with Crippen LogP contribution in [0.1, 0.15) is 44.9 Å². The SMILES string of the molecule is Cc1ncsc1-c1ccc(CNC(=O)[C@@H]2CCCN2C(=O)[C@@H](NC(=O)COCCNC(=O)CN2CCN(c3cc(-c4ccccc4O)nnc3N)CC2)C(C)(C)C)cc1. The largest absolute Gasteiger partial charge is 0.507 e. The zero-order chi connectivity index (χ0) is 42.1. The number of carbonyl (C=O) groups excluding carboxylic acids is 4. The second-order valence-corrected chi connectivity index (χ2v) is 16.8. The van der Waals surface area contributed by atoms with Gasteiger partial charge in [-0.1, -0.05) is 57.2 Å². The molecule has 4 heterocycles. The summed E-state index contributed by atoms with van der Waals surface area (Å²) < 4.78 is 5.57. The van der Waals surface area contributed by atoms with Crippen LogP contribution >= 0.6 is 11.3 Å². The summed E-state index contributed by atoms with van der Waals surface area (Å²) in [6.45, 7) is 11.1. The number of carbonyl (C=O) groups is 4. The summed E-state index contributed by atoms with van der Waals surface area (Å²) in [7, 11) is 0. The molecule has 4 aromatic rings. The minimum atomic E-state index is -0.875. The molecule has 0 spiro atoms. The number of nitrogen functional groups attached to an aromatic ring is 1. The van der Waals surface area contributed by atoms with Crippen LogP contribution in [0, 0.1) is 12.3 Å². The first-order valence-corrected chi connectivity index (χ1v) is 20.8. The second-order valence-electron chi connectivity index (χ2n) is 15.9. The van der Waals surface area contributed by atoms with E-state index >= 15 is 0 Å². The number of aromatic nitrogens is 3. The first-order valence-electron chi connectivity index (χ1n) is 19.9. The van der Waals surface area contributed by atoms with E-state index in [4.69, 9.17) is 10.5 Å². The maximum absolute atomic E-state index is 13.9. The maximum Gasteiger partial charge on any atom is 0.246 e. The van der Waals surface area contributed by atoms with Crippen LogP contribution in [-0.4, -0.2) is 125 Å². The minimum Gasteiger partial charge on any atom is -0.507 e. The van der Waals surface area contributed by atoms with Crippen molar-refractivity contribution in [2.45, 2.75) is 59.2 Å². The van der Waals surface area contributed by atoms with Crippen LogP contribution in [0.3, 0.4) is 0 Å². The third-order valence-corrected chi connectivity index (χ3v) is 11.5. The fourth-order valence-corrected chi connectivity index (χ4v) is 8.09. The topological polar surface area (TPSA) is 208 Å². The Morgan fingerprint density at radius 1 is 0.983 bits per heavy atom. The van der Waals surface area contributed by atoms with Gasteiger partial charge in [0, 0.05) is 51.4 Å². The van der Waals surface area contributed by atoms with Crippen molar-refractivity contribution in [3.05, 3.63) is 71.4 Å². The minimum absolute atomic E-state index is 0.107. The zero-order valence-electron chi connectivity index (χ0n) is 34.1. The van der Waals surface area contributed by atoms with Gasteiger partial charge in [0.2, 0.25) is 23.6 Å². The average molecular weight is 827 g/mol. The lowest BCUT2D eigenvalue weighted by atomic mass is 9.85. The van der Waals surface area contributed by atoms with Crippen molar-refractivity contribution in [3.8, 4) is 27.4 Å². The number of para-hydroxylation sites is 1. The van der Waals surface area contributed by atoms with Crippen molar-refractivity contribution in [2.24, 2.45) is 5.41 Å². The number of likely N-dealkylation sites (tertiary alicyclic amines) is 1. The van der Waals surface area contributed by atoms with Crippen LogP contribution in [0.15, 0.2) is 60.1 Å². The van der Waals surface area contributed by atoms with Crippen molar-refractivity contribution >= 4 is 46.5 Å². The molecule has 2 atom stereocenters. The number of aryl methyl sites for hydroxylation is 1. The molecule has 59 heavy (non-hydrogen) atoms. The van der Waals surface area contributed by atoms with E-state index in [0.29, 0.717) is 69.2 Å². The summed E-state index contributed by atoms with van der Waals surface area (Å²) in [5, 5.41) is 27.2. The standard InChI is InChI=1S/C42H54N10O6S/c1-27-37(59-26-46-27)29-13-11-28(12-14-29)23-45-40(56)32-9-7-16-52(32)41(57)38(42(2,3)4)47-36(55)25-58-21-15-44-35(54)24-50-17-19-51(20-18-50)33-22-31(48-49-39(33)43)30-8-5-6-10-34(30)53/h5-6,8,10-14,22,26,32,38,53H,7,9,15-21,23-25H2,1-4H3,(H2,43,49)(H,44,54)(H,45,56)(H,47,55)/t32-,38+/m0/s1. The number of hydrogen-bond donors (Lipinski definition) is 5. The van der Waals surface area contributed by atoms with Gasteiger partial charge in [0.05, 0.1) is 40.6 Å². The number of nitrogens with two attached hydrogens (primary N) is 1. The lowest BCUT2D eigenvalue weighted by molar-refractivity contribution is -0.144. The summed E-state index contributed by atoms with van der Waals surface area (Å²) in [4.78, 5) is 64.1. The summed E-state index contributed by atoms with van der Waals surface area (Å²) in [6, 6.07) is 15.2. The van der Waals surface area contributed by atoms with Crippen molar-refractivity contribution in [1.82, 2.24) is 40.9 Å². The highest BCUT2D eigenvalue weighted by Crippen LogP contribution is 2.32. The van der Waals surface area contributed by atoms with Gasteiger partial charge in [-0.2, -0.15) is 0 Å². The van der Waals surface area contributed by atoms with Crippen molar-refractivity contribution < 1.29 is 29.0 Å². The summed E-state index contributed by atoms with van der Waals surface area (Å²) in [6.07, 6.45) is 1.22. The van der Waals surface area contributed by atoms with E-state index in [9.17, 15) is 24.3 Å². The Hall–Kier alpha value is -5.65. The van der Waals surface area contributed by atoms with Crippen LogP contribution in [0.4, 0.5) is 11.5 Å². The van der Waals surface area contributed by atoms with Gasteiger partial charge in [-0.25, -0.2) is 4.98 Å². The normalized spacial score (nSPS) is 16.4. The van der Waals surface area contributed by atoms with Gasteiger partial charge in [0.25, 0.3) is 0 Å². The Morgan fingerprint density at radius 2 is 1.73 bits per heavy atom. The molecule has 2 aromatic heterocycles. The number of phenols is 1. The summed E-state index contributed by atoms with van der Waals surface area (Å²) in [5.41, 5.74) is 12.2.